The molecule has 2 N–H and O–H groups in total. The Labute approximate surface area is 102 Å². The summed E-state index contributed by atoms with van der Waals surface area (Å²) >= 11 is 5.20. The number of benzene rings is 1. The van der Waals surface area contributed by atoms with Crippen LogP contribution >= 0.6 is 12.2 Å². The van der Waals surface area contributed by atoms with Gasteiger partial charge in [-0.3, -0.25) is 0 Å². The molecule has 0 aliphatic heterocycles. The Balaban J connectivity index is 2.35. The summed E-state index contributed by atoms with van der Waals surface area (Å²) in [6.07, 6.45) is -0.374. The SMILES string of the molecule is C[C@H](O)CN(C)C(=S)NCc1ccccc1. The Kier molecular flexibility index (Phi) is 5.22. The van der Waals surface area contributed by atoms with Crippen molar-refractivity contribution in [1.29, 1.82) is 0 Å². The summed E-state index contributed by atoms with van der Waals surface area (Å²) in [7, 11) is 1.87. The summed E-state index contributed by atoms with van der Waals surface area (Å²) in [6, 6.07) is 10.1. The minimum Gasteiger partial charge on any atom is -0.392 e. The van der Waals surface area contributed by atoms with E-state index < -0.39 is 0 Å². The van der Waals surface area contributed by atoms with Crippen LogP contribution in [0.25, 0.3) is 0 Å². The summed E-state index contributed by atoms with van der Waals surface area (Å²) in [5, 5.41) is 13.0. The van der Waals surface area contributed by atoms with Crippen molar-refractivity contribution in [2.45, 2.75) is 19.6 Å². The number of thiocarbonyl (C=S) groups is 1. The molecule has 0 unspecified atom stereocenters. The number of nitrogens with one attached hydrogen (secondary N) is 1. The smallest absolute Gasteiger partial charge is 0.169 e. The molecule has 3 nitrogen and oxygen atoms in total. The van der Waals surface area contributed by atoms with E-state index in [0.717, 1.165) is 0 Å². The number of rotatable bonds is 4. The average molecular weight is 238 g/mol. The highest BCUT2D eigenvalue weighted by Gasteiger charge is 2.06. The van der Waals surface area contributed by atoms with Gasteiger partial charge in [0.1, 0.15) is 0 Å². The summed E-state index contributed by atoms with van der Waals surface area (Å²) in [4.78, 5) is 1.84. The zero-order chi connectivity index (χ0) is 12.0. The van der Waals surface area contributed by atoms with Gasteiger partial charge in [0, 0.05) is 20.1 Å². The van der Waals surface area contributed by atoms with Crippen LogP contribution in [0.1, 0.15) is 12.5 Å². The van der Waals surface area contributed by atoms with Crippen LogP contribution in [-0.4, -0.2) is 34.8 Å². The van der Waals surface area contributed by atoms with E-state index in [1.165, 1.54) is 5.56 Å². The Hall–Kier alpha value is -1.13. The number of aliphatic hydroxyl groups is 1. The third-order valence-electron chi connectivity index (χ3n) is 2.17. The van der Waals surface area contributed by atoms with E-state index in [1.54, 1.807) is 6.92 Å². The van der Waals surface area contributed by atoms with Crippen molar-refractivity contribution in [2.75, 3.05) is 13.6 Å². The quantitative estimate of drug-likeness (QED) is 0.777. The van der Waals surface area contributed by atoms with Gasteiger partial charge in [-0.05, 0) is 24.7 Å². The van der Waals surface area contributed by atoms with Crippen LogP contribution in [0, 0.1) is 0 Å². The van der Waals surface area contributed by atoms with E-state index in [1.807, 2.05) is 42.3 Å². The first-order chi connectivity index (χ1) is 7.59. The molecule has 0 bridgehead atoms. The third kappa shape index (κ3) is 4.59. The van der Waals surface area contributed by atoms with Crippen molar-refractivity contribution in [3.8, 4) is 0 Å². The zero-order valence-electron chi connectivity index (χ0n) is 9.68. The fourth-order valence-corrected chi connectivity index (χ4v) is 1.53. The molecule has 16 heavy (non-hydrogen) atoms. The normalized spacial score (nSPS) is 11.9. The molecule has 0 radical (unpaired) electrons. The highest BCUT2D eigenvalue weighted by Crippen LogP contribution is 1.98. The minimum atomic E-state index is -0.374. The van der Waals surface area contributed by atoms with Crippen LogP contribution < -0.4 is 5.32 Å². The molecule has 0 aromatic heterocycles. The van der Waals surface area contributed by atoms with Crippen LogP contribution in [0.5, 0.6) is 0 Å². The first-order valence-electron chi connectivity index (χ1n) is 5.30. The Morgan fingerprint density at radius 3 is 2.62 bits per heavy atom. The second-order valence-electron chi connectivity index (χ2n) is 3.87. The molecule has 0 saturated carbocycles. The largest absolute Gasteiger partial charge is 0.392 e. The van der Waals surface area contributed by atoms with E-state index >= 15 is 0 Å². The van der Waals surface area contributed by atoms with Crippen LogP contribution in [0.4, 0.5) is 0 Å². The predicted octanol–water partition coefficient (Wildman–Crippen LogP) is 1.37. The third-order valence-corrected chi connectivity index (χ3v) is 2.63. The van der Waals surface area contributed by atoms with Crippen LogP contribution in [-0.2, 0) is 6.54 Å². The minimum absolute atomic E-state index is 0.374. The molecule has 0 saturated heterocycles. The number of nitrogens with zero attached hydrogens (tertiary/aromatic N) is 1. The molecular weight excluding hydrogens is 220 g/mol. The lowest BCUT2D eigenvalue weighted by Crippen LogP contribution is -2.40. The number of aliphatic hydroxyl groups excluding tert-OH is 1. The molecule has 0 fully saturated rings. The second-order valence-corrected chi connectivity index (χ2v) is 4.26. The van der Waals surface area contributed by atoms with Crippen molar-refractivity contribution in [1.82, 2.24) is 10.2 Å². The first kappa shape index (κ1) is 12.9. The molecule has 0 aliphatic carbocycles. The Morgan fingerprint density at radius 1 is 1.44 bits per heavy atom. The van der Waals surface area contributed by atoms with Gasteiger partial charge in [-0.25, -0.2) is 0 Å². The highest BCUT2D eigenvalue weighted by molar-refractivity contribution is 7.80. The Morgan fingerprint density at radius 2 is 2.06 bits per heavy atom. The molecule has 88 valence electrons. The van der Waals surface area contributed by atoms with E-state index in [0.29, 0.717) is 18.2 Å². The number of hydrogen-bond acceptors (Lipinski definition) is 2. The Bertz CT molecular complexity index is 327. The first-order valence-corrected chi connectivity index (χ1v) is 5.71. The molecule has 1 aromatic rings. The van der Waals surface area contributed by atoms with Crippen molar-refractivity contribution >= 4 is 17.3 Å². The molecule has 0 aliphatic rings. The lowest BCUT2D eigenvalue weighted by atomic mass is 10.2. The highest BCUT2D eigenvalue weighted by atomic mass is 32.1. The maximum absolute atomic E-state index is 9.23. The fraction of sp³-hybridized carbons (Fsp3) is 0.417. The fourth-order valence-electron chi connectivity index (χ4n) is 1.39. The maximum atomic E-state index is 9.23. The summed E-state index contributed by atoms with van der Waals surface area (Å²) < 4.78 is 0. The summed E-state index contributed by atoms with van der Waals surface area (Å²) in [6.45, 7) is 3.00. The van der Waals surface area contributed by atoms with E-state index in [-0.39, 0.29) is 6.10 Å². The van der Waals surface area contributed by atoms with Crippen molar-refractivity contribution in [2.24, 2.45) is 0 Å². The van der Waals surface area contributed by atoms with Crippen LogP contribution in [0.3, 0.4) is 0 Å². The van der Waals surface area contributed by atoms with E-state index in [2.05, 4.69) is 5.32 Å². The molecule has 0 heterocycles. The molecule has 0 spiro atoms. The number of likely N-dealkylation sites (N-methyl/N-ethyl adjacent to an activating group) is 1. The van der Waals surface area contributed by atoms with Crippen LogP contribution in [0.2, 0.25) is 0 Å². The van der Waals surface area contributed by atoms with Gasteiger partial charge < -0.3 is 15.3 Å². The number of hydrogen-bond donors (Lipinski definition) is 2. The van der Waals surface area contributed by atoms with Gasteiger partial charge in [0.05, 0.1) is 6.10 Å². The van der Waals surface area contributed by atoms with Gasteiger partial charge in [-0.15, -0.1) is 0 Å². The van der Waals surface area contributed by atoms with Gasteiger partial charge in [0.25, 0.3) is 0 Å². The van der Waals surface area contributed by atoms with Crippen LogP contribution in [0.15, 0.2) is 30.3 Å². The van der Waals surface area contributed by atoms with Crippen molar-refractivity contribution in [3.05, 3.63) is 35.9 Å². The monoisotopic (exact) mass is 238 g/mol. The second kappa shape index (κ2) is 6.45. The van der Waals surface area contributed by atoms with E-state index in [9.17, 15) is 5.11 Å². The summed E-state index contributed by atoms with van der Waals surface area (Å²) in [5.41, 5.74) is 1.19. The molecule has 4 heteroatoms. The van der Waals surface area contributed by atoms with Crippen molar-refractivity contribution < 1.29 is 5.11 Å². The standard InChI is InChI=1S/C12H18N2OS/c1-10(15)9-14(2)12(16)13-8-11-6-4-3-5-7-11/h3-7,10,15H,8-9H2,1-2H3,(H,13,16)/t10-/m0/s1. The topological polar surface area (TPSA) is 35.5 Å². The summed E-state index contributed by atoms with van der Waals surface area (Å²) in [5.74, 6) is 0. The molecule has 1 atom stereocenters. The zero-order valence-corrected chi connectivity index (χ0v) is 10.5. The maximum Gasteiger partial charge on any atom is 0.169 e. The molecule has 0 amide bonds. The van der Waals surface area contributed by atoms with Gasteiger partial charge >= 0.3 is 0 Å². The van der Waals surface area contributed by atoms with Gasteiger partial charge in [0.15, 0.2) is 5.11 Å². The lowest BCUT2D eigenvalue weighted by molar-refractivity contribution is 0.167. The molecule has 1 rings (SSSR count). The lowest BCUT2D eigenvalue weighted by Gasteiger charge is -2.22. The van der Waals surface area contributed by atoms with Gasteiger partial charge in [-0.2, -0.15) is 0 Å². The molecular formula is C12H18N2OS. The van der Waals surface area contributed by atoms with Gasteiger partial charge in [-0.1, -0.05) is 30.3 Å². The molecule has 1 aromatic carbocycles. The average Bonchev–Trinajstić information content (AvgIpc) is 2.26. The van der Waals surface area contributed by atoms with Crippen molar-refractivity contribution in [3.63, 3.8) is 0 Å². The predicted molar refractivity (Wildman–Crippen MR) is 70.2 cm³/mol. The van der Waals surface area contributed by atoms with E-state index in [4.69, 9.17) is 12.2 Å². The van der Waals surface area contributed by atoms with Gasteiger partial charge in [0.2, 0.25) is 0 Å².